The lowest BCUT2D eigenvalue weighted by Crippen LogP contribution is -2.31. The number of aromatic carboxylic acids is 1. The zero-order chi connectivity index (χ0) is 17.1. The zero-order valence-electron chi connectivity index (χ0n) is 13.3. The molecule has 1 amide bonds. The van der Waals surface area contributed by atoms with Gasteiger partial charge in [0.05, 0.1) is 0 Å². The monoisotopic (exact) mass is 330 g/mol. The lowest BCUT2D eigenvalue weighted by atomic mass is 10.2. The van der Waals surface area contributed by atoms with E-state index in [0.29, 0.717) is 13.0 Å². The second-order valence-corrected chi connectivity index (χ2v) is 5.65. The third-order valence-electron chi connectivity index (χ3n) is 3.99. The second kappa shape index (κ2) is 6.74. The molecular weight excluding hydrogens is 312 g/mol. The van der Waals surface area contributed by atoms with Crippen LogP contribution in [0.1, 0.15) is 46.6 Å². The van der Waals surface area contributed by atoms with Gasteiger partial charge in [-0.2, -0.15) is 0 Å². The lowest BCUT2D eigenvalue weighted by molar-refractivity contribution is 0.0689. The fourth-order valence-corrected chi connectivity index (χ4v) is 2.80. The van der Waals surface area contributed by atoms with E-state index in [2.05, 4.69) is 4.98 Å². The third-order valence-corrected chi connectivity index (χ3v) is 3.99. The summed E-state index contributed by atoms with van der Waals surface area (Å²) in [5.74, 6) is -0.653. The molecule has 1 atom stereocenters. The van der Waals surface area contributed by atoms with Gasteiger partial charge in [-0.15, -0.1) is 0 Å². The SMILES string of the molecule is Cc1oc(C2CCCN2C(=O)OCc2ccccc2)nc1C(=O)O. The Kier molecular flexibility index (Phi) is 4.50. The van der Waals surface area contributed by atoms with Gasteiger partial charge >= 0.3 is 12.1 Å². The summed E-state index contributed by atoms with van der Waals surface area (Å²) in [5, 5.41) is 9.08. The van der Waals surface area contributed by atoms with Gasteiger partial charge in [0.2, 0.25) is 5.89 Å². The Morgan fingerprint density at radius 2 is 2.12 bits per heavy atom. The van der Waals surface area contributed by atoms with Crippen LogP contribution < -0.4 is 0 Å². The maximum atomic E-state index is 12.3. The average molecular weight is 330 g/mol. The smallest absolute Gasteiger partial charge is 0.410 e. The predicted octanol–water partition coefficient (Wildman–Crippen LogP) is 3.15. The molecule has 0 radical (unpaired) electrons. The van der Waals surface area contributed by atoms with Crippen LogP contribution in [0.5, 0.6) is 0 Å². The number of carbonyl (C=O) groups excluding carboxylic acids is 1. The Labute approximate surface area is 138 Å². The second-order valence-electron chi connectivity index (χ2n) is 5.65. The molecule has 0 aliphatic carbocycles. The quantitative estimate of drug-likeness (QED) is 0.925. The van der Waals surface area contributed by atoms with E-state index in [1.54, 1.807) is 11.8 Å². The summed E-state index contributed by atoms with van der Waals surface area (Å²) in [4.78, 5) is 29.0. The third kappa shape index (κ3) is 3.24. The van der Waals surface area contributed by atoms with Crippen molar-refractivity contribution in [2.24, 2.45) is 0 Å². The summed E-state index contributed by atoms with van der Waals surface area (Å²) in [6.45, 7) is 2.27. The molecule has 24 heavy (non-hydrogen) atoms. The van der Waals surface area contributed by atoms with Crippen LogP contribution in [0.25, 0.3) is 0 Å². The van der Waals surface area contributed by atoms with Gasteiger partial charge in [-0.1, -0.05) is 30.3 Å². The molecule has 2 aromatic rings. The number of carbonyl (C=O) groups is 2. The van der Waals surface area contributed by atoms with Crippen molar-refractivity contribution >= 4 is 12.1 Å². The average Bonchev–Trinajstić information content (AvgIpc) is 3.20. The molecular formula is C17H18N2O5. The number of amides is 1. The molecule has 1 fully saturated rings. The molecule has 1 unspecified atom stereocenters. The maximum Gasteiger partial charge on any atom is 0.410 e. The van der Waals surface area contributed by atoms with Gasteiger partial charge in [-0.25, -0.2) is 14.6 Å². The highest BCUT2D eigenvalue weighted by atomic mass is 16.6. The van der Waals surface area contributed by atoms with Crippen LogP contribution in [0, 0.1) is 6.92 Å². The molecule has 1 aromatic heterocycles. The minimum absolute atomic E-state index is 0.116. The Morgan fingerprint density at radius 3 is 2.79 bits per heavy atom. The van der Waals surface area contributed by atoms with Gasteiger partial charge in [0.25, 0.3) is 0 Å². The molecule has 1 aliphatic rings. The minimum atomic E-state index is -1.14. The summed E-state index contributed by atoms with van der Waals surface area (Å²) in [5.41, 5.74) is 0.788. The van der Waals surface area contributed by atoms with Crippen molar-refractivity contribution in [3.63, 3.8) is 0 Å². The van der Waals surface area contributed by atoms with Crippen LogP contribution in [0.2, 0.25) is 0 Å². The van der Waals surface area contributed by atoms with E-state index >= 15 is 0 Å². The molecule has 126 valence electrons. The van der Waals surface area contributed by atoms with E-state index in [1.165, 1.54) is 0 Å². The van der Waals surface area contributed by atoms with Crippen molar-refractivity contribution in [3.05, 3.63) is 53.2 Å². The fourth-order valence-electron chi connectivity index (χ4n) is 2.80. The number of oxazole rings is 1. The van der Waals surface area contributed by atoms with E-state index in [-0.39, 0.29) is 30.0 Å². The van der Waals surface area contributed by atoms with Crippen molar-refractivity contribution in [1.29, 1.82) is 0 Å². The molecule has 1 aromatic carbocycles. The summed E-state index contributed by atoms with van der Waals surface area (Å²) in [7, 11) is 0. The van der Waals surface area contributed by atoms with E-state index in [0.717, 1.165) is 12.0 Å². The number of nitrogens with zero attached hydrogens (tertiary/aromatic N) is 2. The van der Waals surface area contributed by atoms with Crippen LogP contribution in [0.3, 0.4) is 0 Å². The first-order chi connectivity index (χ1) is 11.6. The van der Waals surface area contributed by atoms with Crippen LogP contribution in [0.4, 0.5) is 4.79 Å². The Morgan fingerprint density at radius 1 is 1.38 bits per heavy atom. The summed E-state index contributed by atoms with van der Waals surface area (Å²) in [6, 6.07) is 9.03. The van der Waals surface area contributed by atoms with Gasteiger partial charge in [0.15, 0.2) is 5.69 Å². The molecule has 7 heteroatoms. The molecule has 2 heterocycles. The molecule has 3 rings (SSSR count). The highest BCUT2D eigenvalue weighted by Gasteiger charge is 2.35. The van der Waals surface area contributed by atoms with Crippen molar-refractivity contribution in [2.75, 3.05) is 6.54 Å². The van der Waals surface area contributed by atoms with Gasteiger partial charge < -0.3 is 14.3 Å². The van der Waals surface area contributed by atoms with Crippen LogP contribution in [0.15, 0.2) is 34.7 Å². The number of aryl methyl sites for hydroxylation is 1. The molecule has 0 bridgehead atoms. The summed E-state index contributed by atoms with van der Waals surface area (Å²) in [6.07, 6.45) is 1.00. The molecule has 0 spiro atoms. The van der Waals surface area contributed by atoms with E-state index in [9.17, 15) is 9.59 Å². The normalized spacial score (nSPS) is 17.0. The van der Waals surface area contributed by atoms with Gasteiger partial charge in [0.1, 0.15) is 18.4 Å². The number of rotatable bonds is 4. The lowest BCUT2D eigenvalue weighted by Gasteiger charge is -2.21. The topological polar surface area (TPSA) is 92.9 Å². The number of carboxylic acid groups (broad SMARTS) is 1. The molecule has 1 aliphatic heterocycles. The largest absolute Gasteiger partial charge is 0.476 e. The number of aromatic nitrogens is 1. The first-order valence-electron chi connectivity index (χ1n) is 7.74. The zero-order valence-corrected chi connectivity index (χ0v) is 13.3. The highest BCUT2D eigenvalue weighted by molar-refractivity contribution is 5.86. The van der Waals surface area contributed by atoms with Gasteiger partial charge in [0, 0.05) is 6.54 Å². The summed E-state index contributed by atoms with van der Waals surface area (Å²) < 4.78 is 10.8. The molecule has 1 N–H and O–H groups in total. The Balaban J connectivity index is 1.69. The van der Waals surface area contributed by atoms with Crippen molar-refractivity contribution in [1.82, 2.24) is 9.88 Å². The Hall–Kier alpha value is -2.83. The molecule has 0 saturated carbocycles. The van der Waals surface area contributed by atoms with Crippen LogP contribution in [-0.2, 0) is 11.3 Å². The highest BCUT2D eigenvalue weighted by Crippen LogP contribution is 2.33. The van der Waals surface area contributed by atoms with Crippen LogP contribution >= 0.6 is 0 Å². The maximum absolute atomic E-state index is 12.3. The number of likely N-dealkylation sites (tertiary alicyclic amines) is 1. The van der Waals surface area contributed by atoms with Crippen molar-refractivity contribution < 1.29 is 23.8 Å². The summed E-state index contributed by atoms with van der Waals surface area (Å²) >= 11 is 0. The minimum Gasteiger partial charge on any atom is -0.476 e. The molecule has 1 saturated heterocycles. The molecule has 7 nitrogen and oxygen atoms in total. The van der Waals surface area contributed by atoms with Crippen LogP contribution in [-0.4, -0.2) is 33.6 Å². The fraction of sp³-hybridized carbons (Fsp3) is 0.353. The van der Waals surface area contributed by atoms with E-state index in [1.807, 2.05) is 30.3 Å². The van der Waals surface area contributed by atoms with Crippen molar-refractivity contribution in [3.8, 4) is 0 Å². The first-order valence-corrected chi connectivity index (χ1v) is 7.74. The van der Waals surface area contributed by atoms with Gasteiger partial charge in [-0.3, -0.25) is 4.90 Å². The van der Waals surface area contributed by atoms with Crippen molar-refractivity contribution in [2.45, 2.75) is 32.4 Å². The number of hydrogen-bond donors (Lipinski definition) is 1. The Bertz CT molecular complexity index is 741. The standard InChI is InChI=1S/C17H18N2O5/c1-11-14(16(20)21)18-15(24-11)13-8-5-9-19(13)17(22)23-10-12-6-3-2-4-7-12/h2-4,6-7,13H,5,8-10H2,1H3,(H,20,21). The number of carboxylic acids is 1. The number of ether oxygens (including phenoxy) is 1. The predicted molar refractivity (Wildman–Crippen MR) is 83.5 cm³/mol. The number of hydrogen-bond acceptors (Lipinski definition) is 5. The number of benzene rings is 1. The van der Waals surface area contributed by atoms with E-state index < -0.39 is 12.1 Å². The first kappa shape index (κ1) is 16.0. The van der Waals surface area contributed by atoms with Gasteiger partial charge in [-0.05, 0) is 25.3 Å². The van der Waals surface area contributed by atoms with E-state index in [4.69, 9.17) is 14.3 Å².